The highest BCUT2D eigenvalue weighted by atomic mass is 16.5. The molecule has 0 radical (unpaired) electrons. The molecule has 0 aliphatic carbocycles. The van der Waals surface area contributed by atoms with Crippen LogP contribution in [0.2, 0.25) is 0 Å². The second kappa shape index (κ2) is 5.73. The second-order valence-electron chi connectivity index (χ2n) is 5.42. The number of aromatic nitrogens is 4. The zero-order chi connectivity index (χ0) is 14.8. The molecule has 4 rings (SSSR count). The molecule has 1 fully saturated rings. The predicted molar refractivity (Wildman–Crippen MR) is 80.0 cm³/mol. The van der Waals surface area contributed by atoms with Gasteiger partial charge in [0.15, 0.2) is 5.82 Å². The number of hydrogen-bond acceptors (Lipinski definition) is 5. The van der Waals surface area contributed by atoms with Crippen molar-refractivity contribution in [2.24, 2.45) is 0 Å². The van der Waals surface area contributed by atoms with Gasteiger partial charge in [0.25, 0.3) is 5.89 Å². The molecule has 0 saturated carbocycles. The van der Waals surface area contributed by atoms with Crippen molar-refractivity contribution in [2.45, 2.75) is 25.4 Å². The summed E-state index contributed by atoms with van der Waals surface area (Å²) in [5.41, 5.74) is 3.00. The van der Waals surface area contributed by atoms with E-state index in [4.69, 9.17) is 9.26 Å². The molecule has 3 aromatic rings. The van der Waals surface area contributed by atoms with E-state index in [-0.39, 0.29) is 6.10 Å². The van der Waals surface area contributed by atoms with E-state index in [0.29, 0.717) is 18.1 Å². The fraction of sp³-hybridized carbons (Fsp3) is 0.312. The number of rotatable bonds is 4. The lowest BCUT2D eigenvalue weighted by Crippen LogP contribution is -2.09. The smallest absolute Gasteiger partial charge is 0.257 e. The van der Waals surface area contributed by atoms with Gasteiger partial charge in [0.1, 0.15) is 0 Å². The van der Waals surface area contributed by atoms with Crippen LogP contribution in [0, 0.1) is 0 Å². The van der Waals surface area contributed by atoms with E-state index in [0.717, 1.165) is 36.1 Å². The fourth-order valence-corrected chi connectivity index (χ4v) is 2.70. The Kier molecular flexibility index (Phi) is 3.44. The molecule has 1 saturated heterocycles. The summed E-state index contributed by atoms with van der Waals surface area (Å²) < 4.78 is 11.0. The summed E-state index contributed by atoms with van der Waals surface area (Å²) in [7, 11) is 0. The molecule has 1 atom stereocenters. The Morgan fingerprint density at radius 1 is 1.23 bits per heavy atom. The minimum absolute atomic E-state index is 0.225. The average molecular weight is 296 g/mol. The van der Waals surface area contributed by atoms with Gasteiger partial charge in [-0.1, -0.05) is 17.3 Å². The molecular formula is C16H16N4O2. The van der Waals surface area contributed by atoms with Crippen LogP contribution >= 0.6 is 0 Å². The Morgan fingerprint density at radius 2 is 2.18 bits per heavy atom. The monoisotopic (exact) mass is 296 g/mol. The molecule has 2 aromatic heterocycles. The molecule has 112 valence electrons. The van der Waals surface area contributed by atoms with Crippen molar-refractivity contribution in [2.75, 3.05) is 6.61 Å². The van der Waals surface area contributed by atoms with E-state index < -0.39 is 0 Å². The van der Waals surface area contributed by atoms with E-state index in [1.165, 1.54) is 0 Å². The van der Waals surface area contributed by atoms with Crippen molar-refractivity contribution in [1.29, 1.82) is 0 Å². The standard InChI is InChI=1S/C16H16N4O2/c1-3-11(13-9-17-18-10-13)7-12(4-1)16-19-15(20-22-16)8-14-5-2-6-21-14/h1,3-4,7,9-10,14H,2,5-6,8H2,(H,17,18). The molecule has 1 N–H and O–H groups in total. The summed E-state index contributed by atoms with van der Waals surface area (Å²) >= 11 is 0. The van der Waals surface area contributed by atoms with Gasteiger partial charge in [-0.05, 0) is 30.5 Å². The van der Waals surface area contributed by atoms with E-state index in [1.807, 2.05) is 30.5 Å². The minimum Gasteiger partial charge on any atom is -0.378 e. The lowest BCUT2D eigenvalue weighted by atomic mass is 10.1. The number of aromatic amines is 1. The van der Waals surface area contributed by atoms with E-state index in [2.05, 4.69) is 20.3 Å². The maximum atomic E-state index is 5.61. The molecule has 6 heteroatoms. The van der Waals surface area contributed by atoms with E-state index >= 15 is 0 Å². The summed E-state index contributed by atoms with van der Waals surface area (Å²) in [6, 6.07) is 7.99. The highest BCUT2D eigenvalue weighted by Crippen LogP contribution is 2.25. The molecule has 1 aromatic carbocycles. The SMILES string of the molecule is c1cc(-c2cn[nH]c2)cc(-c2nc(CC3CCCO3)no2)c1. The van der Waals surface area contributed by atoms with Gasteiger partial charge in [-0.25, -0.2) is 0 Å². The molecular weight excluding hydrogens is 280 g/mol. The van der Waals surface area contributed by atoms with Crippen molar-refractivity contribution in [1.82, 2.24) is 20.3 Å². The third-order valence-electron chi connectivity index (χ3n) is 3.84. The van der Waals surface area contributed by atoms with Crippen LogP contribution in [0.3, 0.4) is 0 Å². The number of nitrogens with zero attached hydrogens (tertiary/aromatic N) is 3. The normalized spacial score (nSPS) is 17.9. The van der Waals surface area contributed by atoms with Crippen molar-refractivity contribution in [3.8, 4) is 22.6 Å². The first-order valence-electron chi connectivity index (χ1n) is 7.42. The summed E-state index contributed by atoms with van der Waals surface area (Å²) in [5.74, 6) is 1.24. The van der Waals surface area contributed by atoms with Gasteiger partial charge in [-0.3, -0.25) is 5.10 Å². The Hall–Kier alpha value is -2.47. The highest BCUT2D eigenvalue weighted by molar-refractivity contribution is 5.68. The Bertz CT molecular complexity index is 745. The van der Waals surface area contributed by atoms with Crippen LogP contribution in [-0.2, 0) is 11.2 Å². The number of benzene rings is 1. The average Bonchev–Trinajstić information content (AvgIpc) is 3.31. The minimum atomic E-state index is 0.225. The topological polar surface area (TPSA) is 76.8 Å². The van der Waals surface area contributed by atoms with Crippen molar-refractivity contribution in [3.05, 3.63) is 42.5 Å². The molecule has 0 spiro atoms. The molecule has 1 aliphatic heterocycles. The molecule has 3 heterocycles. The maximum absolute atomic E-state index is 5.61. The van der Waals surface area contributed by atoms with Gasteiger partial charge >= 0.3 is 0 Å². The van der Waals surface area contributed by atoms with Gasteiger partial charge in [-0.2, -0.15) is 10.1 Å². The Labute approximate surface area is 127 Å². The van der Waals surface area contributed by atoms with Gasteiger partial charge in [0.05, 0.1) is 12.3 Å². The van der Waals surface area contributed by atoms with Crippen LogP contribution in [-0.4, -0.2) is 33.0 Å². The maximum Gasteiger partial charge on any atom is 0.257 e. The number of nitrogens with one attached hydrogen (secondary N) is 1. The van der Waals surface area contributed by atoms with Crippen molar-refractivity contribution < 1.29 is 9.26 Å². The van der Waals surface area contributed by atoms with E-state index in [1.54, 1.807) is 6.20 Å². The van der Waals surface area contributed by atoms with Gasteiger partial charge < -0.3 is 9.26 Å². The summed E-state index contributed by atoms with van der Waals surface area (Å²) in [4.78, 5) is 4.49. The number of hydrogen-bond donors (Lipinski definition) is 1. The fourth-order valence-electron chi connectivity index (χ4n) is 2.70. The van der Waals surface area contributed by atoms with Gasteiger partial charge in [-0.15, -0.1) is 0 Å². The van der Waals surface area contributed by atoms with Crippen LogP contribution in [0.4, 0.5) is 0 Å². The molecule has 0 bridgehead atoms. The third kappa shape index (κ3) is 2.65. The highest BCUT2D eigenvalue weighted by Gasteiger charge is 2.19. The van der Waals surface area contributed by atoms with Crippen LogP contribution < -0.4 is 0 Å². The van der Waals surface area contributed by atoms with Crippen LogP contribution in [0.15, 0.2) is 41.2 Å². The Balaban J connectivity index is 1.57. The zero-order valence-electron chi connectivity index (χ0n) is 12.0. The summed E-state index contributed by atoms with van der Waals surface area (Å²) in [6.07, 6.45) is 6.76. The van der Waals surface area contributed by atoms with Crippen molar-refractivity contribution >= 4 is 0 Å². The number of H-pyrrole nitrogens is 1. The molecule has 1 aliphatic rings. The number of ether oxygens (including phenoxy) is 1. The molecule has 6 nitrogen and oxygen atoms in total. The van der Waals surface area contributed by atoms with Crippen LogP contribution in [0.5, 0.6) is 0 Å². The van der Waals surface area contributed by atoms with Gasteiger partial charge in [0.2, 0.25) is 0 Å². The first-order chi connectivity index (χ1) is 10.9. The first kappa shape index (κ1) is 13.2. The lowest BCUT2D eigenvalue weighted by Gasteiger charge is -2.03. The molecule has 1 unspecified atom stereocenters. The largest absolute Gasteiger partial charge is 0.378 e. The Morgan fingerprint density at radius 3 is 3.00 bits per heavy atom. The predicted octanol–water partition coefficient (Wildman–Crippen LogP) is 2.85. The summed E-state index contributed by atoms with van der Waals surface area (Å²) in [5, 5.41) is 10.9. The summed E-state index contributed by atoms with van der Waals surface area (Å²) in [6.45, 7) is 0.835. The lowest BCUT2D eigenvalue weighted by molar-refractivity contribution is 0.109. The first-order valence-corrected chi connectivity index (χ1v) is 7.42. The third-order valence-corrected chi connectivity index (χ3v) is 3.84. The quantitative estimate of drug-likeness (QED) is 0.801. The van der Waals surface area contributed by atoms with Crippen LogP contribution in [0.25, 0.3) is 22.6 Å². The van der Waals surface area contributed by atoms with E-state index in [9.17, 15) is 0 Å². The van der Waals surface area contributed by atoms with Gasteiger partial charge in [0, 0.05) is 30.4 Å². The molecule has 0 amide bonds. The zero-order valence-corrected chi connectivity index (χ0v) is 12.0. The second-order valence-corrected chi connectivity index (χ2v) is 5.42. The van der Waals surface area contributed by atoms with Crippen molar-refractivity contribution in [3.63, 3.8) is 0 Å². The van der Waals surface area contributed by atoms with Crippen LogP contribution in [0.1, 0.15) is 18.7 Å². The molecule has 22 heavy (non-hydrogen) atoms.